The highest BCUT2D eigenvalue weighted by Gasteiger charge is 2.19. The Hall–Kier alpha value is -2.28. The number of rotatable bonds is 1. The Morgan fingerprint density at radius 2 is 1.68 bits per heavy atom. The van der Waals surface area contributed by atoms with E-state index >= 15 is 0 Å². The van der Waals surface area contributed by atoms with E-state index < -0.39 is 0 Å². The van der Waals surface area contributed by atoms with Crippen molar-refractivity contribution in [2.75, 3.05) is 0 Å². The summed E-state index contributed by atoms with van der Waals surface area (Å²) in [6.45, 7) is 4.58. The van der Waals surface area contributed by atoms with Crippen LogP contribution >= 0.6 is 0 Å². The maximum Gasteiger partial charge on any atom is 0.0569 e. The van der Waals surface area contributed by atoms with E-state index in [9.17, 15) is 0 Å². The molecule has 0 unspecified atom stereocenters. The lowest BCUT2D eigenvalue weighted by molar-refractivity contribution is 0.844. The predicted octanol–water partition coefficient (Wildman–Crippen LogP) is 5.47. The maximum absolute atomic E-state index is 2.50. The number of pyridine rings is 1. The Kier molecular flexibility index (Phi) is 2.31. The molecule has 1 aliphatic rings. The summed E-state index contributed by atoms with van der Waals surface area (Å²) in [5, 5.41) is 4.18. The topological polar surface area (TPSA) is 4.41 Å². The van der Waals surface area contributed by atoms with Gasteiger partial charge in [-0.15, -0.1) is 0 Å². The van der Waals surface area contributed by atoms with Crippen LogP contribution < -0.4 is 0 Å². The number of hydrogen-bond acceptors (Lipinski definition) is 0. The molecule has 0 fully saturated rings. The van der Waals surface area contributed by atoms with Gasteiger partial charge < -0.3 is 4.40 Å². The molecule has 0 saturated carbocycles. The van der Waals surface area contributed by atoms with Gasteiger partial charge in [0.25, 0.3) is 0 Å². The van der Waals surface area contributed by atoms with E-state index in [4.69, 9.17) is 0 Å². The molecule has 108 valence electrons. The third-order valence-corrected chi connectivity index (χ3v) is 5.21. The number of aryl methyl sites for hydroxylation is 2. The summed E-state index contributed by atoms with van der Waals surface area (Å²) >= 11 is 0. The molecule has 0 aliphatic carbocycles. The van der Waals surface area contributed by atoms with Gasteiger partial charge in [-0.1, -0.05) is 44.2 Å². The van der Waals surface area contributed by atoms with Crippen LogP contribution in [0.15, 0.2) is 48.5 Å². The quantitative estimate of drug-likeness (QED) is 0.409. The molecule has 0 amide bonds. The van der Waals surface area contributed by atoms with Crippen molar-refractivity contribution in [3.63, 3.8) is 0 Å². The van der Waals surface area contributed by atoms with E-state index in [1.165, 1.54) is 44.0 Å². The summed E-state index contributed by atoms with van der Waals surface area (Å²) in [7, 11) is 0. The molecule has 0 saturated heterocycles. The van der Waals surface area contributed by atoms with Gasteiger partial charge in [0.15, 0.2) is 0 Å². The highest BCUT2D eigenvalue weighted by molar-refractivity contribution is 6.13. The minimum atomic E-state index is 0.571. The van der Waals surface area contributed by atoms with Crippen LogP contribution in [-0.4, -0.2) is 4.40 Å². The number of fused-ring (bicyclic) bond motifs is 3. The number of hydrogen-bond donors (Lipinski definition) is 0. The molecule has 1 heteroatoms. The van der Waals surface area contributed by atoms with Crippen molar-refractivity contribution < 1.29 is 0 Å². The molecule has 3 heterocycles. The van der Waals surface area contributed by atoms with E-state index in [0.717, 1.165) is 12.8 Å². The number of nitrogens with zero attached hydrogens (tertiary/aromatic N) is 1. The highest BCUT2D eigenvalue weighted by Crippen LogP contribution is 2.37. The Morgan fingerprint density at radius 1 is 0.864 bits per heavy atom. The largest absolute Gasteiger partial charge is 0.313 e. The van der Waals surface area contributed by atoms with Gasteiger partial charge in [0.1, 0.15) is 0 Å². The average molecular weight is 285 g/mol. The second kappa shape index (κ2) is 4.13. The van der Waals surface area contributed by atoms with Crippen LogP contribution in [0.2, 0.25) is 0 Å². The first-order valence-corrected chi connectivity index (χ1v) is 8.21. The van der Waals surface area contributed by atoms with Gasteiger partial charge in [-0.3, -0.25) is 0 Å². The van der Waals surface area contributed by atoms with Gasteiger partial charge in [-0.2, -0.15) is 0 Å². The van der Waals surface area contributed by atoms with Crippen LogP contribution in [0.4, 0.5) is 0 Å². The minimum Gasteiger partial charge on any atom is -0.313 e. The van der Waals surface area contributed by atoms with E-state index in [2.05, 4.69) is 66.8 Å². The Morgan fingerprint density at radius 3 is 2.50 bits per heavy atom. The van der Waals surface area contributed by atoms with Gasteiger partial charge in [-0.05, 0) is 53.5 Å². The lowest BCUT2D eigenvalue weighted by atomic mass is 9.91. The molecule has 0 spiro atoms. The zero-order chi connectivity index (χ0) is 14.8. The normalized spacial score (nSPS) is 14.0. The molecule has 22 heavy (non-hydrogen) atoms. The standard InChI is InChI=1S/C21H19N/c1-13(2)15-11-14-7-8-16-9-10-20-18-6-4-3-5-17(18)19(12-15)21(14)22(16)20/h3-6,9-13H,7-8H2,1-2H3. The summed E-state index contributed by atoms with van der Waals surface area (Å²) < 4.78 is 2.50. The zero-order valence-electron chi connectivity index (χ0n) is 13.1. The Balaban J connectivity index is 2.13. The molecular weight excluding hydrogens is 266 g/mol. The fraction of sp³-hybridized carbons (Fsp3) is 0.238. The Labute approximate surface area is 130 Å². The van der Waals surface area contributed by atoms with Crippen molar-refractivity contribution in [1.29, 1.82) is 0 Å². The van der Waals surface area contributed by atoms with Gasteiger partial charge in [-0.25, -0.2) is 0 Å². The van der Waals surface area contributed by atoms with E-state index in [1.807, 2.05) is 0 Å². The molecule has 4 aromatic rings. The SMILES string of the molecule is CC(C)c1cc2c3c(c1)c1ccccc1c1ccc(n13)CC2. The van der Waals surface area contributed by atoms with Crippen LogP contribution in [0.25, 0.3) is 27.2 Å². The van der Waals surface area contributed by atoms with Crippen molar-refractivity contribution in [2.24, 2.45) is 0 Å². The van der Waals surface area contributed by atoms with E-state index in [1.54, 1.807) is 0 Å². The molecular formula is C21H19N. The smallest absolute Gasteiger partial charge is 0.0569 e. The molecule has 2 aromatic heterocycles. The van der Waals surface area contributed by atoms with Gasteiger partial charge >= 0.3 is 0 Å². The van der Waals surface area contributed by atoms with Crippen LogP contribution in [0.5, 0.6) is 0 Å². The number of aromatic nitrogens is 1. The maximum atomic E-state index is 2.50. The molecule has 0 atom stereocenters. The van der Waals surface area contributed by atoms with Crippen LogP contribution in [0, 0.1) is 0 Å². The van der Waals surface area contributed by atoms with Crippen molar-refractivity contribution in [3.05, 3.63) is 65.4 Å². The molecule has 0 N–H and O–H groups in total. The first-order valence-electron chi connectivity index (χ1n) is 8.21. The lowest BCUT2D eigenvalue weighted by Crippen LogP contribution is -2.08. The Bertz CT molecular complexity index is 1050. The third kappa shape index (κ3) is 1.44. The summed E-state index contributed by atoms with van der Waals surface area (Å²) in [5.74, 6) is 0.571. The molecule has 0 radical (unpaired) electrons. The summed E-state index contributed by atoms with van der Waals surface area (Å²) in [6, 6.07) is 18.3. The van der Waals surface area contributed by atoms with Crippen LogP contribution in [0.1, 0.15) is 36.6 Å². The molecule has 5 rings (SSSR count). The first kappa shape index (κ1) is 12.3. The number of benzene rings is 2. The average Bonchev–Trinajstić information content (AvgIpc) is 2.98. The first-order chi connectivity index (χ1) is 10.7. The fourth-order valence-electron chi connectivity index (χ4n) is 4.06. The van der Waals surface area contributed by atoms with E-state index in [-0.39, 0.29) is 0 Å². The van der Waals surface area contributed by atoms with Crippen molar-refractivity contribution in [3.8, 4) is 0 Å². The van der Waals surface area contributed by atoms with Gasteiger partial charge in [0, 0.05) is 16.5 Å². The predicted molar refractivity (Wildman–Crippen MR) is 93.9 cm³/mol. The van der Waals surface area contributed by atoms with Crippen molar-refractivity contribution in [2.45, 2.75) is 32.6 Å². The van der Waals surface area contributed by atoms with Crippen molar-refractivity contribution >= 4 is 27.2 Å². The summed E-state index contributed by atoms with van der Waals surface area (Å²) in [4.78, 5) is 0. The molecule has 1 nitrogen and oxygen atoms in total. The second-order valence-corrected chi connectivity index (χ2v) is 6.82. The summed E-state index contributed by atoms with van der Waals surface area (Å²) in [6.07, 6.45) is 2.31. The van der Waals surface area contributed by atoms with E-state index in [0.29, 0.717) is 5.92 Å². The van der Waals surface area contributed by atoms with Crippen LogP contribution in [-0.2, 0) is 12.8 Å². The van der Waals surface area contributed by atoms with Crippen molar-refractivity contribution in [1.82, 2.24) is 4.40 Å². The second-order valence-electron chi connectivity index (χ2n) is 6.82. The monoisotopic (exact) mass is 285 g/mol. The zero-order valence-corrected chi connectivity index (χ0v) is 13.1. The molecule has 2 aromatic carbocycles. The summed E-state index contributed by atoms with van der Waals surface area (Å²) in [5.41, 5.74) is 7.22. The lowest BCUT2D eigenvalue weighted by Gasteiger charge is -2.21. The van der Waals surface area contributed by atoms with Gasteiger partial charge in [0.05, 0.1) is 11.0 Å². The fourth-order valence-corrected chi connectivity index (χ4v) is 4.06. The third-order valence-electron chi connectivity index (χ3n) is 5.21. The molecule has 1 aliphatic heterocycles. The van der Waals surface area contributed by atoms with Crippen LogP contribution in [0.3, 0.4) is 0 Å². The molecule has 0 bridgehead atoms. The highest BCUT2D eigenvalue weighted by atomic mass is 14.9. The minimum absolute atomic E-state index is 0.571. The van der Waals surface area contributed by atoms with Gasteiger partial charge in [0.2, 0.25) is 0 Å².